The van der Waals surface area contributed by atoms with Crippen molar-refractivity contribution in [2.75, 3.05) is 17.9 Å². The number of aromatic nitrogens is 1. The molecular weight excluding hydrogens is 460 g/mol. The highest BCUT2D eigenvalue weighted by Gasteiger charge is 2.29. The first-order valence-electron chi connectivity index (χ1n) is 10.7. The number of ether oxygens (including phenoxy) is 1. The van der Waals surface area contributed by atoms with E-state index in [9.17, 15) is 13.2 Å². The molecule has 6 nitrogen and oxygen atoms in total. The lowest BCUT2D eigenvalue weighted by atomic mass is 9.76. The van der Waals surface area contributed by atoms with E-state index in [1.165, 1.54) is 18.3 Å². The molecule has 2 heterocycles. The highest BCUT2D eigenvalue weighted by atomic mass is 35.5. The van der Waals surface area contributed by atoms with E-state index in [0.717, 1.165) is 24.1 Å². The molecular formula is C25H25ClN2O4S. The molecule has 0 radical (unpaired) electrons. The van der Waals surface area contributed by atoms with Crippen molar-refractivity contribution in [1.82, 2.24) is 4.98 Å². The summed E-state index contributed by atoms with van der Waals surface area (Å²) >= 11 is 6.11. The van der Waals surface area contributed by atoms with Gasteiger partial charge >= 0.3 is 0 Å². The number of benzene rings is 2. The van der Waals surface area contributed by atoms with Crippen LogP contribution in [-0.2, 0) is 20.2 Å². The molecule has 3 aromatic rings. The van der Waals surface area contributed by atoms with Crippen molar-refractivity contribution in [3.63, 3.8) is 0 Å². The molecule has 172 valence electrons. The minimum absolute atomic E-state index is 0.0359. The maximum Gasteiger partial charge on any atom is 0.261 e. The van der Waals surface area contributed by atoms with E-state index in [-0.39, 0.29) is 27.3 Å². The minimum Gasteiger partial charge on any atom is -0.381 e. The highest BCUT2D eigenvalue weighted by Crippen LogP contribution is 2.35. The number of pyridine rings is 1. The van der Waals surface area contributed by atoms with Gasteiger partial charge in [0.1, 0.15) is 0 Å². The number of aryl methyl sites for hydroxylation is 1. The third-order valence-electron chi connectivity index (χ3n) is 6.10. The van der Waals surface area contributed by atoms with Gasteiger partial charge in [-0.2, -0.15) is 0 Å². The summed E-state index contributed by atoms with van der Waals surface area (Å²) < 4.78 is 34.3. The quantitative estimate of drug-likeness (QED) is 0.489. The standard InChI is InChI=1S/C25H25ClN2O4S/c1-17-3-4-18(16-27-17)24(29)22-15-20(26)7-10-23(22)28-33(30,31)21-8-5-19(6-9-21)25(2)11-13-32-14-12-25/h3-10,15-16,28H,11-14H2,1-2H3. The summed E-state index contributed by atoms with van der Waals surface area (Å²) in [7, 11) is -3.92. The second kappa shape index (κ2) is 9.25. The fraction of sp³-hybridized carbons (Fsp3) is 0.280. The average molecular weight is 485 g/mol. The predicted molar refractivity (Wildman–Crippen MR) is 129 cm³/mol. The summed E-state index contributed by atoms with van der Waals surface area (Å²) in [6.07, 6.45) is 3.25. The molecule has 1 saturated heterocycles. The molecule has 0 spiro atoms. The van der Waals surface area contributed by atoms with Crippen molar-refractivity contribution < 1.29 is 17.9 Å². The molecule has 2 aromatic carbocycles. The molecule has 1 fully saturated rings. The fourth-order valence-electron chi connectivity index (χ4n) is 3.90. The Morgan fingerprint density at radius 1 is 1.06 bits per heavy atom. The van der Waals surface area contributed by atoms with Crippen molar-refractivity contribution in [2.24, 2.45) is 0 Å². The van der Waals surface area contributed by atoms with Gasteiger partial charge in [0.15, 0.2) is 5.78 Å². The molecule has 33 heavy (non-hydrogen) atoms. The van der Waals surface area contributed by atoms with E-state index >= 15 is 0 Å². The third-order valence-corrected chi connectivity index (χ3v) is 7.72. The van der Waals surface area contributed by atoms with Gasteiger partial charge in [-0.25, -0.2) is 8.42 Å². The fourth-order valence-corrected chi connectivity index (χ4v) is 5.15. The number of rotatable bonds is 6. The largest absolute Gasteiger partial charge is 0.381 e. The van der Waals surface area contributed by atoms with Gasteiger partial charge in [0, 0.05) is 41.3 Å². The zero-order chi connectivity index (χ0) is 23.6. The number of sulfonamides is 1. The van der Waals surface area contributed by atoms with E-state index < -0.39 is 10.0 Å². The first-order chi connectivity index (χ1) is 15.7. The van der Waals surface area contributed by atoms with Crippen LogP contribution in [0.2, 0.25) is 5.02 Å². The molecule has 0 amide bonds. The normalized spacial score (nSPS) is 15.7. The third kappa shape index (κ3) is 5.11. The maximum atomic E-state index is 13.1. The van der Waals surface area contributed by atoms with Crippen molar-refractivity contribution >= 4 is 33.1 Å². The van der Waals surface area contributed by atoms with Crippen LogP contribution in [0.5, 0.6) is 0 Å². The van der Waals surface area contributed by atoms with Crippen LogP contribution in [0.4, 0.5) is 5.69 Å². The van der Waals surface area contributed by atoms with E-state index in [2.05, 4.69) is 16.6 Å². The number of halogens is 1. The number of nitrogens with one attached hydrogen (secondary N) is 1. The number of ketones is 1. The number of nitrogens with zero attached hydrogens (tertiary/aromatic N) is 1. The van der Waals surface area contributed by atoms with Gasteiger partial charge in [-0.3, -0.25) is 14.5 Å². The lowest BCUT2D eigenvalue weighted by Crippen LogP contribution is -2.30. The molecule has 0 unspecified atom stereocenters. The van der Waals surface area contributed by atoms with Crippen molar-refractivity contribution in [3.05, 3.63) is 88.2 Å². The number of hydrogen-bond donors (Lipinski definition) is 1. The summed E-state index contributed by atoms with van der Waals surface area (Å²) in [4.78, 5) is 17.3. The van der Waals surface area contributed by atoms with Gasteiger partial charge < -0.3 is 4.74 Å². The number of carbonyl (C=O) groups excluding carboxylic acids is 1. The second-order valence-electron chi connectivity index (χ2n) is 8.51. The van der Waals surface area contributed by atoms with Gasteiger partial charge in [0.2, 0.25) is 0 Å². The molecule has 4 rings (SSSR count). The maximum absolute atomic E-state index is 13.1. The Morgan fingerprint density at radius 3 is 2.39 bits per heavy atom. The Bertz CT molecular complexity index is 1270. The summed E-state index contributed by atoms with van der Waals surface area (Å²) in [5.41, 5.74) is 2.48. The van der Waals surface area contributed by atoms with Crippen LogP contribution >= 0.6 is 11.6 Å². The SMILES string of the molecule is Cc1ccc(C(=O)c2cc(Cl)ccc2NS(=O)(=O)c2ccc(C3(C)CCOCC3)cc2)cn1. The first kappa shape index (κ1) is 23.4. The molecule has 0 bridgehead atoms. The first-order valence-corrected chi connectivity index (χ1v) is 12.5. The molecule has 1 aliphatic heterocycles. The van der Waals surface area contributed by atoms with E-state index in [0.29, 0.717) is 23.8 Å². The average Bonchev–Trinajstić information content (AvgIpc) is 2.81. The number of carbonyl (C=O) groups is 1. The Balaban J connectivity index is 1.62. The van der Waals surface area contributed by atoms with Crippen LogP contribution in [0.1, 0.15) is 46.9 Å². The van der Waals surface area contributed by atoms with E-state index in [1.54, 1.807) is 30.3 Å². The lowest BCUT2D eigenvalue weighted by molar-refractivity contribution is 0.0564. The van der Waals surface area contributed by atoms with Gasteiger partial charge in [0.05, 0.1) is 10.6 Å². The zero-order valence-electron chi connectivity index (χ0n) is 18.5. The topological polar surface area (TPSA) is 85.4 Å². The Labute approximate surface area is 199 Å². The summed E-state index contributed by atoms with van der Waals surface area (Å²) in [5.74, 6) is -0.370. The van der Waals surface area contributed by atoms with Gasteiger partial charge in [-0.05, 0) is 73.2 Å². The molecule has 1 aromatic heterocycles. The monoisotopic (exact) mass is 484 g/mol. The van der Waals surface area contributed by atoms with E-state index in [4.69, 9.17) is 16.3 Å². The number of anilines is 1. The smallest absolute Gasteiger partial charge is 0.261 e. The van der Waals surface area contributed by atoms with Crippen LogP contribution in [-0.4, -0.2) is 32.4 Å². The molecule has 1 aliphatic rings. The van der Waals surface area contributed by atoms with Gasteiger partial charge in [-0.1, -0.05) is 30.7 Å². The predicted octanol–water partition coefficient (Wildman–Crippen LogP) is 5.14. The highest BCUT2D eigenvalue weighted by molar-refractivity contribution is 7.92. The molecule has 8 heteroatoms. The van der Waals surface area contributed by atoms with Crippen LogP contribution in [0.25, 0.3) is 0 Å². The van der Waals surface area contributed by atoms with Gasteiger partial charge in [-0.15, -0.1) is 0 Å². The van der Waals surface area contributed by atoms with Crippen molar-refractivity contribution in [1.29, 1.82) is 0 Å². The number of hydrogen-bond acceptors (Lipinski definition) is 5. The zero-order valence-corrected chi connectivity index (χ0v) is 20.0. The van der Waals surface area contributed by atoms with Crippen molar-refractivity contribution in [2.45, 2.75) is 37.0 Å². The molecule has 0 aliphatic carbocycles. The van der Waals surface area contributed by atoms with Crippen molar-refractivity contribution in [3.8, 4) is 0 Å². The minimum atomic E-state index is -3.92. The Hall–Kier alpha value is -2.74. The molecule has 0 saturated carbocycles. The van der Waals surface area contributed by atoms with Crippen LogP contribution in [0.15, 0.2) is 65.7 Å². The van der Waals surface area contributed by atoms with Crippen LogP contribution < -0.4 is 4.72 Å². The van der Waals surface area contributed by atoms with Crippen LogP contribution in [0, 0.1) is 6.92 Å². The summed E-state index contributed by atoms with van der Waals surface area (Å²) in [6.45, 7) is 5.38. The second-order valence-corrected chi connectivity index (χ2v) is 10.6. The lowest BCUT2D eigenvalue weighted by Gasteiger charge is -2.34. The Morgan fingerprint density at radius 2 is 1.76 bits per heavy atom. The molecule has 0 atom stereocenters. The Kier molecular flexibility index (Phi) is 6.56. The van der Waals surface area contributed by atoms with Crippen LogP contribution in [0.3, 0.4) is 0 Å². The summed E-state index contributed by atoms with van der Waals surface area (Å²) in [6, 6.07) is 14.8. The van der Waals surface area contributed by atoms with E-state index in [1.807, 2.05) is 19.1 Å². The molecule has 1 N–H and O–H groups in total. The van der Waals surface area contributed by atoms with Gasteiger partial charge in [0.25, 0.3) is 10.0 Å². The summed E-state index contributed by atoms with van der Waals surface area (Å²) in [5, 5.41) is 0.329.